The quantitative estimate of drug-likeness (QED) is 0.872. The van der Waals surface area contributed by atoms with Gasteiger partial charge in [0.05, 0.1) is 22.8 Å². The van der Waals surface area contributed by atoms with Gasteiger partial charge in [0.25, 0.3) is 0 Å². The number of likely N-dealkylation sites (N-methyl/N-ethyl adjacent to an activating group) is 1. The summed E-state index contributed by atoms with van der Waals surface area (Å²) >= 11 is 12.1. The highest BCUT2D eigenvalue weighted by molar-refractivity contribution is 6.37. The van der Waals surface area contributed by atoms with Gasteiger partial charge in [0.15, 0.2) is 5.75 Å². The second-order valence-corrected chi connectivity index (χ2v) is 5.67. The van der Waals surface area contributed by atoms with E-state index in [1.54, 1.807) is 18.2 Å². The van der Waals surface area contributed by atoms with Gasteiger partial charge in [0.1, 0.15) is 6.61 Å². The van der Waals surface area contributed by atoms with Crippen LogP contribution in [0.5, 0.6) is 5.75 Å². The minimum absolute atomic E-state index is 0.248. The lowest BCUT2D eigenvalue weighted by Gasteiger charge is -2.28. The Morgan fingerprint density at radius 1 is 1.40 bits per heavy atom. The molecule has 1 fully saturated rings. The summed E-state index contributed by atoms with van der Waals surface area (Å²) in [7, 11) is 2.05. The van der Waals surface area contributed by atoms with E-state index < -0.39 is 0 Å². The summed E-state index contributed by atoms with van der Waals surface area (Å²) in [6, 6.07) is 5.35. The summed E-state index contributed by atoms with van der Waals surface area (Å²) in [5.41, 5.74) is 0. The van der Waals surface area contributed by atoms with Gasteiger partial charge in [-0.15, -0.1) is 0 Å². The Hall–Kier alpha value is -0.520. The van der Waals surface area contributed by atoms with E-state index in [2.05, 4.69) is 17.3 Å². The fourth-order valence-corrected chi connectivity index (χ4v) is 2.61. The van der Waals surface area contributed by atoms with Crippen LogP contribution in [0.15, 0.2) is 18.2 Å². The fraction of sp³-hybridized carbons (Fsp3) is 0.571. The molecule has 112 valence electrons. The zero-order valence-electron chi connectivity index (χ0n) is 11.6. The summed E-state index contributed by atoms with van der Waals surface area (Å²) in [5, 5.41) is 4.40. The molecule has 1 aromatic rings. The Morgan fingerprint density at radius 3 is 2.80 bits per heavy atom. The number of morpholine rings is 1. The second kappa shape index (κ2) is 8.05. The molecular weight excluding hydrogens is 299 g/mol. The number of nitrogens with zero attached hydrogens (tertiary/aromatic N) is 1. The number of hydrogen-bond donors (Lipinski definition) is 1. The SMILES string of the molecule is CN(CCOc1c(Cl)cccc1Cl)CC1CNCCO1. The van der Waals surface area contributed by atoms with Crippen molar-refractivity contribution in [2.75, 3.05) is 46.4 Å². The first-order valence-electron chi connectivity index (χ1n) is 6.74. The molecule has 2 rings (SSSR count). The Bertz CT molecular complexity index is 405. The Balaban J connectivity index is 1.72. The Labute approximate surface area is 129 Å². The van der Waals surface area contributed by atoms with E-state index in [1.807, 2.05) is 0 Å². The number of ether oxygens (including phenoxy) is 2. The van der Waals surface area contributed by atoms with Crippen LogP contribution in [0.25, 0.3) is 0 Å². The van der Waals surface area contributed by atoms with Crippen molar-refractivity contribution in [1.29, 1.82) is 0 Å². The van der Waals surface area contributed by atoms with Gasteiger partial charge < -0.3 is 19.7 Å². The number of rotatable bonds is 6. The van der Waals surface area contributed by atoms with Crippen LogP contribution in [-0.4, -0.2) is 57.4 Å². The van der Waals surface area contributed by atoms with Gasteiger partial charge in [0, 0.05) is 26.2 Å². The molecule has 0 radical (unpaired) electrons. The van der Waals surface area contributed by atoms with Crippen molar-refractivity contribution in [3.63, 3.8) is 0 Å². The van der Waals surface area contributed by atoms with Gasteiger partial charge in [-0.25, -0.2) is 0 Å². The van der Waals surface area contributed by atoms with Crippen LogP contribution in [-0.2, 0) is 4.74 Å². The minimum Gasteiger partial charge on any atom is -0.489 e. The van der Waals surface area contributed by atoms with Crippen molar-refractivity contribution >= 4 is 23.2 Å². The van der Waals surface area contributed by atoms with E-state index in [0.29, 0.717) is 22.4 Å². The maximum atomic E-state index is 6.05. The van der Waals surface area contributed by atoms with Crippen molar-refractivity contribution in [2.24, 2.45) is 0 Å². The molecule has 1 N–H and O–H groups in total. The van der Waals surface area contributed by atoms with Crippen molar-refractivity contribution in [1.82, 2.24) is 10.2 Å². The van der Waals surface area contributed by atoms with Gasteiger partial charge in [0.2, 0.25) is 0 Å². The van der Waals surface area contributed by atoms with Crippen molar-refractivity contribution < 1.29 is 9.47 Å². The molecule has 20 heavy (non-hydrogen) atoms. The zero-order valence-corrected chi connectivity index (χ0v) is 13.1. The molecule has 0 amide bonds. The van der Waals surface area contributed by atoms with Crippen LogP contribution in [0.3, 0.4) is 0 Å². The maximum Gasteiger partial charge on any atom is 0.156 e. The largest absolute Gasteiger partial charge is 0.489 e. The number of para-hydroxylation sites is 1. The van der Waals surface area contributed by atoms with Gasteiger partial charge in [-0.2, -0.15) is 0 Å². The summed E-state index contributed by atoms with van der Waals surface area (Å²) in [6.45, 7) is 4.84. The van der Waals surface area contributed by atoms with Crippen LogP contribution in [0.2, 0.25) is 10.0 Å². The molecule has 4 nitrogen and oxygen atoms in total. The first-order valence-corrected chi connectivity index (χ1v) is 7.50. The third kappa shape index (κ3) is 4.79. The molecule has 0 spiro atoms. The summed E-state index contributed by atoms with van der Waals surface area (Å²) in [6.07, 6.45) is 0.248. The highest BCUT2D eigenvalue weighted by Gasteiger charge is 2.15. The fourth-order valence-electron chi connectivity index (χ4n) is 2.10. The van der Waals surface area contributed by atoms with Gasteiger partial charge in [-0.1, -0.05) is 29.3 Å². The van der Waals surface area contributed by atoms with E-state index in [9.17, 15) is 0 Å². The lowest BCUT2D eigenvalue weighted by Crippen LogP contribution is -2.45. The van der Waals surface area contributed by atoms with Crippen molar-refractivity contribution in [2.45, 2.75) is 6.10 Å². The number of benzene rings is 1. The van der Waals surface area contributed by atoms with Crippen LogP contribution >= 0.6 is 23.2 Å². The number of hydrogen-bond acceptors (Lipinski definition) is 4. The van der Waals surface area contributed by atoms with E-state index in [0.717, 1.165) is 32.8 Å². The number of halogens is 2. The normalized spacial score (nSPS) is 19.3. The molecule has 1 heterocycles. The molecule has 0 aromatic heterocycles. The van der Waals surface area contributed by atoms with E-state index in [-0.39, 0.29) is 6.10 Å². The standard InChI is InChI=1S/C14H20Cl2N2O2/c1-18(10-11-9-17-5-7-19-11)6-8-20-14-12(15)3-2-4-13(14)16/h2-4,11,17H,5-10H2,1H3. The van der Waals surface area contributed by atoms with Gasteiger partial charge in [-0.05, 0) is 19.2 Å². The summed E-state index contributed by atoms with van der Waals surface area (Å²) < 4.78 is 11.3. The van der Waals surface area contributed by atoms with E-state index in [4.69, 9.17) is 32.7 Å². The Kier molecular flexibility index (Phi) is 6.39. The highest BCUT2D eigenvalue weighted by atomic mass is 35.5. The number of nitrogens with one attached hydrogen (secondary N) is 1. The lowest BCUT2D eigenvalue weighted by molar-refractivity contribution is 0.00848. The minimum atomic E-state index is 0.248. The molecule has 1 unspecified atom stereocenters. The Morgan fingerprint density at radius 2 is 2.15 bits per heavy atom. The first-order chi connectivity index (χ1) is 9.66. The molecule has 1 atom stereocenters. The molecule has 0 bridgehead atoms. The van der Waals surface area contributed by atoms with E-state index >= 15 is 0 Å². The maximum absolute atomic E-state index is 6.05. The average molecular weight is 319 g/mol. The monoisotopic (exact) mass is 318 g/mol. The molecule has 1 saturated heterocycles. The molecule has 1 aliphatic heterocycles. The van der Waals surface area contributed by atoms with Crippen molar-refractivity contribution in [3.8, 4) is 5.75 Å². The smallest absolute Gasteiger partial charge is 0.156 e. The van der Waals surface area contributed by atoms with Crippen LogP contribution in [0.4, 0.5) is 0 Å². The molecule has 0 aliphatic carbocycles. The first kappa shape index (κ1) is 15.9. The molecule has 1 aliphatic rings. The molecule has 0 saturated carbocycles. The molecule has 6 heteroatoms. The third-order valence-corrected chi connectivity index (χ3v) is 3.75. The van der Waals surface area contributed by atoms with Crippen molar-refractivity contribution in [3.05, 3.63) is 28.2 Å². The molecule has 1 aromatic carbocycles. The summed E-state index contributed by atoms with van der Waals surface area (Å²) in [5.74, 6) is 0.555. The topological polar surface area (TPSA) is 33.7 Å². The highest BCUT2D eigenvalue weighted by Crippen LogP contribution is 2.32. The molecular formula is C14H20Cl2N2O2. The van der Waals surface area contributed by atoms with E-state index in [1.165, 1.54) is 0 Å². The van der Waals surface area contributed by atoms with Gasteiger partial charge >= 0.3 is 0 Å². The second-order valence-electron chi connectivity index (χ2n) is 4.86. The lowest BCUT2D eigenvalue weighted by atomic mass is 10.3. The summed E-state index contributed by atoms with van der Waals surface area (Å²) in [4.78, 5) is 2.18. The third-order valence-electron chi connectivity index (χ3n) is 3.16. The average Bonchev–Trinajstić information content (AvgIpc) is 2.43. The predicted octanol–water partition coefficient (Wildman–Crippen LogP) is 2.29. The van der Waals surface area contributed by atoms with Gasteiger partial charge in [-0.3, -0.25) is 0 Å². The zero-order chi connectivity index (χ0) is 14.4. The predicted molar refractivity (Wildman–Crippen MR) is 82.1 cm³/mol. The van der Waals surface area contributed by atoms with Crippen LogP contribution in [0.1, 0.15) is 0 Å². The van der Waals surface area contributed by atoms with Crippen LogP contribution in [0, 0.1) is 0 Å². The van der Waals surface area contributed by atoms with Crippen LogP contribution < -0.4 is 10.1 Å².